The average molecular weight is 409 g/mol. The molecule has 1 amide bonds. The molecule has 1 fully saturated rings. The first kappa shape index (κ1) is 21.8. The standard InChI is InChI=1S/C24H32N4O2/c1-3-19-10-5-6-11-20(19)17-27-24(25-4-2)26-16-18-9-7-12-21(15-18)28-23(29)22-13-8-14-30-22/h5-7,9-12,15,22H,3-4,8,13-14,16-17H2,1-2H3,(H,28,29)(H2,25,26,27). The van der Waals surface area contributed by atoms with Gasteiger partial charge in [-0.1, -0.05) is 43.3 Å². The van der Waals surface area contributed by atoms with Gasteiger partial charge in [-0.25, -0.2) is 4.99 Å². The van der Waals surface area contributed by atoms with Gasteiger partial charge in [-0.05, 0) is 55.0 Å². The summed E-state index contributed by atoms with van der Waals surface area (Å²) in [5.74, 6) is 0.704. The van der Waals surface area contributed by atoms with Gasteiger partial charge in [-0.2, -0.15) is 0 Å². The molecular weight excluding hydrogens is 376 g/mol. The third-order valence-corrected chi connectivity index (χ3v) is 5.13. The highest BCUT2D eigenvalue weighted by atomic mass is 16.5. The molecule has 0 radical (unpaired) electrons. The second kappa shape index (κ2) is 11.4. The zero-order chi connectivity index (χ0) is 21.2. The molecular formula is C24H32N4O2. The maximum Gasteiger partial charge on any atom is 0.253 e. The van der Waals surface area contributed by atoms with Gasteiger partial charge in [0.1, 0.15) is 6.10 Å². The largest absolute Gasteiger partial charge is 0.368 e. The molecule has 0 saturated carbocycles. The Kier molecular flexibility index (Phi) is 8.27. The van der Waals surface area contributed by atoms with Crippen molar-refractivity contribution in [2.24, 2.45) is 4.99 Å². The number of rotatable bonds is 8. The molecule has 1 aliphatic rings. The van der Waals surface area contributed by atoms with E-state index in [1.54, 1.807) is 0 Å². The third kappa shape index (κ3) is 6.32. The van der Waals surface area contributed by atoms with Gasteiger partial charge in [0.05, 0.1) is 6.54 Å². The fourth-order valence-corrected chi connectivity index (χ4v) is 3.52. The Morgan fingerprint density at radius 1 is 1.10 bits per heavy atom. The van der Waals surface area contributed by atoms with Gasteiger partial charge in [0.2, 0.25) is 0 Å². The van der Waals surface area contributed by atoms with Crippen LogP contribution in [0.15, 0.2) is 53.5 Å². The molecule has 1 unspecified atom stereocenters. The van der Waals surface area contributed by atoms with Gasteiger partial charge in [0.15, 0.2) is 5.96 Å². The molecule has 2 aromatic rings. The van der Waals surface area contributed by atoms with Crippen molar-refractivity contribution in [1.29, 1.82) is 0 Å². The minimum Gasteiger partial charge on any atom is -0.368 e. The quantitative estimate of drug-likeness (QED) is 0.461. The monoisotopic (exact) mass is 408 g/mol. The molecule has 3 N–H and O–H groups in total. The molecule has 1 aliphatic heterocycles. The molecule has 3 rings (SSSR count). The highest BCUT2D eigenvalue weighted by Crippen LogP contribution is 2.16. The molecule has 0 aliphatic carbocycles. The number of amides is 1. The maximum atomic E-state index is 12.3. The van der Waals surface area contributed by atoms with Gasteiger partial charge in [0.25, 0.3) is 5.91 Å². The van der Waals surface area contributed by atoms with Crippen LogP contribution in [0.3, 0.4) is 0 Å². The normalized spacial score (nSPS) is 16.3. The zero-order valence-corrected chi connectivity index (χ0v) is 17.9. The second-order valence-electron chi connectivity index (χ2n) is 7.36. The smallest absolute Gasteiger partial charge is 0.253 e. The number of nitrogens with one attached hydrogen (secondary N) is 3. The van der Waals surface area contributed by atoms with Crippen molar-refractivity contribution >= 4 is 17.6 Å². The van der Waals surface area contributed by atoms with Gasteiger partial charge in [-0.3, -0.25) is 4.79 Å². The Balaban J connectivity index is 1.60. The highest BCUT2D eigenvalue weighted by Gasteiger charge is 2.23. The molecule has 30 heavy (non-hydrogen) atoms. The van der Waals surface area contributed by atoms with Crippen LogP contribution in [0.25, 0.3) is 0 Å². The van der Waals surface area contributed by atoms with E-state index in [9.17, 15) is 4.79 Å². The van der Waals surface area contributed by atoms with Gasteiger partial charge >= 0.3 is 0 Å². The first-order valence-electron chi connectivity index (χ1n) is 10.8. The molecule has 0 bridgehead atoms. The Labute approximate surface area is 179 Å². The summed E-state index contributed by atoms with van der Waals surface area (Å²) in [6.07, 6.45) is 2.41. The van der Waals surface area contributed by atoms with Crippen molar-refractivity contribution in [3.05, 3.63) is 65.2 Å². The molecule has 6 heteroatoms. The molecule has 1 atom stereocenters. The molecule has 160 valence electrons. The van der Waals surface area contributed by atoms with E-state index in [2.05, 4.69) is 54.1 Å². The average Bonchev–Trinajstić information content (AvgIpc) is 3.31. The number of hydrogen-bond acceptors (Lipinski definition) is 3. The van der Waals surface area contributed by atoms with Crippen LogP contribution in [0.5, 0.6) is 0 Å². The van der Waals surface area contributed by atoms with E-state index in [4.69, 9.17) is 9.73 Å². The first-order chi connectivity index (χ1) is 14.7. The van der Waals surface area contributed by atoms with Crippen LogP contribution in [0.4, 0.5) is 5.69 Å². The van der Waals surface area contributed by atoms with Crippen LogP contribution in [-0.2, 0) is 29.0 Å². The van der Waals surface area contributed by atoms with Crippen molar-refractivity contribution in [3.8, 4) is 0 Å². The molecule has 0 aromatic heterocycles. The summed E-state index contributed by atoms with van der Waals surface area (Å²) >= 11 is 0. The number of carbonyl (C=O) groups is 1. The molecule has 6 nitrogen and oxygen atoms in total. The third-order valence-electron chi connectivity index (χ3n) is 5.13. The highest BCUT2D eigenvalue weighted by molar-refractivity contribution is 5.94. The lowest BCUT2D eigenvalue weighted by molar-refractivity contribution is -0.124. The van der Waals surface area contributed by atoms with Crippen molar-refractivity contribution in [2.75, 3.05) is 18.5 Å². The van der Waals surface area contributed by atoms with Crippen molar-refractivity contribution in [1.82, 2.24) is 10.6 Å². The van der Waals surface area contributed by atoms with Crippen LogP contribution >= 0.6 is 0 Å². The Hall–Kier alpha value is -2.86. The van der Waals surface area contributed by atoms with Crippen molar-refractivity contribution in [3.63, 3.8) is 0 Å². The fourth-order valence-electron chi connectivity index (χ4n) is 3.52. The van der Waals surface area contributed by atoms with E-state index in [1.807, 2.05) is 24.3 Å². The van der Waals surface area contributed by atoms with Crippen LogP contribution in [0, 0.1) is 0 Å². The summed E-state index contributed by atoms with van der Waals surface area (Å²) in [6.45, 7) is 6.93. The Morgan fingerprint density at radius 2 is 1.93 bits per heavy atom. The van der Waals surface area contributed by atoms with Gasteiger partial charge in [0, 0.05) is 25.4 Å². The lowest BCUT2D eigenvalue weighted by atomic mass is 10.1. The number of ether oxygens (including phenoxy) is 1. The first-order valence-corrected chi connectivity index (χ1v) is 10.8. The minimum atomic E-state index is -0.331. The summed E-state index contributed by atoms with van der Waals surface area (Å²) in [5, 5.41) is 9.67. The maximum absolute atomic E-state index is 12.3. The van der Waals surface area contributed by atoms with Gasteiger partial charge < -0.3 is 20.7 Å². The predicted molar refractivity (Wildman–Crippen MR) is 122 cm³/mol. The zero-order valence-electron chi connectivity index (χ0n) is 17.9. The molecule has 1 heterocycles. The summed E-state index contributed by atoms with van der Waals surface area (Å²) < 4.78 is 5.45. The van der Waals surface area contributed by atoms with Crippen molar-refractivity contribution in [2.45, 2.75) is 52.3 Å². The molecule has 2 aromatic carbocycles. The number of benzene rings is 2. The topological polar surface area (TPSA) is 74.8 Å². The summed E-state index contributed by atoms with van der Waals surface area (Å²) in [7, 11) is 0. The van der Waals surface area contributed by atoms with E-state index in [-0.39, 0.29) is 12.0 Å². The van der Waals surface area contributed by atoms with E-state index in [0.29, 0.717) is 13.2 Å². The van der Waals surface area contributed by atoms with Crippen LogP contribution in [-0.4, -0.2) is 31.1 Å². The van der Waals surface area contributed by atoms with E-state index in [1.165, 1.54) is 11.1 Å². The van der Waals surface area contributed by atoms with E-state index in [0.717, 1.165) is 49.6 Å². The number of hydrogen-bond donors (Lipinski definition) is 3. The molecule has 0 spiro atoms. The molecule has 1 saturated heterocycles. The van der Waals surface area contributed by atoms with E-state index >= 15 is 0 Å². The lowest BCUT2D eigenvalue weighted by Crippen LogP contribution is -2.37. The van der Waals surface area contributed by atoms with Crippen LogP contribution in [0.1, 0.15) is 43.4 Å². The predicted octanol–water partition coefficient (Wildman–Crippen LogP) is 3.62. The minimum absolute atomic E-state index is 0.0715. The lowest BCUT2D eigenvalue weighted by Gasteiger charge is -2.14. The van der Waals surface area contributed by atoms with E-state index < -0.39 is 0 Å². The summed E-state index contributed by atoms with van der Waals surface area (Å²) in [6, 6.07) is 16.3. The number of aliphatic imine (C=N–C) groups is 1. The summed E-state index contributed by atoms with van der Waals surface area (Å²) in [5.41, 5.74) is 4.43. The summed E-state index contributed by atoms with van der Waals surface area (Å²) in [4.78, 5) is 17.0. The number of anilines is 1. The number of nitrogens with zero attached hydrogens (tertiary/aromatic N) is 1. The Bertz CT molecular complexity index is 860. The second-order valence-corrected chi connectivity index (χ2v) is 7.36. The fraction of sp³-hybridized carbons (Fsp3) is 0.417. The van der Waals surface area contributed by atoms with Crippen LogP contribution in [0.2, 0.25) is 0 Å². The van der Waals surface area contributed by atoms with Gasteiger partial charge in [-0.15, -0.1) is 0 Å². The van der Waals surface area contributed by atoms with Crippen LogP contribution < -0.4 is 16.0 Å². The number of aryl methyl sites for hydroxylation is 1. The SMILES string of the molecule is CCNC(=NCc1cccc(NC(=O)C2CCCO2)c1)NCc1ccccc1CC. The van der Waals surface area contributed by atoms with Crippen molar-refractivity contribution < 1.29 is 9.53 Å². The number of guanidine groups is 1. The number of carbonyl (C=O) groups excluding carboxylic acids is 1. The Morgan fingerprint density at radius 3 is 2.67 bits per heavy atom.